The van der Waals surface area contributed by atoms with Crippen molar-refractivity contribution in [1.29, 1.82) is 0 Å². The second-order valence-corrected chi connectivity index (χ2v) is 13.4. The van der Waals surface area contributed by atoms with Gasteiger partial charge in [-0.25, -0.2) is 0 Å². The van der Waals surface area contributed by atoms with Crippen LogP contribution >= 0.6 is 7.60 Å². The molecule has 262 valence electrons. The zero-order valence-electron chi connectivity index (χ0n) is 28.5. The molecule has 10 heteroatoms. The molecule has 6 rings (SSSR count). The summed E-state index contributed by atoms with van der Waals surface area (Å²) >= 11 is 0. The van der Waals surface area contributed by atoms with Gasteiger partial charge in [0.1, 0.15) is 31.2 Å². The Morgan fingerprint density at radius 2 is 1.14 bits per heavy atom. The van der Waals surface area contributed by atoms with E-state index in [2.05, 4.69) is 0 Å². The minimum atomic E-state index is -3.69. The molecule has 0 aliphatic rings. The van der Waals surface area contributed by atoms with Gasteiger partial charge in [0.2, 0.25) is 11.2 Å². The van der Waals surface area contributed by atoms with Crippen LogP contribution in [-0.2, 0) is 33.4 Å². The molecule has 51 heavy (non-hydrogen) atoms. The fourth-order valence-electron chi connectivity index (χ4n) is 5.31. The first kappa shape index (κ1) is 35.5. The fourth-order valence-corrected chi connectivity index (χ4v) is 6.61. The van der Waals surface area contributed by atoms with Crippen molar-refractivity contribution in [1.82, 2.24) is 0 Å². The average Bonchev–Trinajstić information content (AvgIpc) is 3.16. The molecule has 6 aromatic rings. The lowest BCUT2D eigenvalue weighted by molar-refractivity contribution is 0.196. The summed E-state index contributed by atoms with van der Waals surface area (Å²) in [4.78, 5) is 14.1. The Hall–Kier alpha value is -5.34. The molecule has 0 saturated carbocycles. The molecule has 9 nitrogen and oxygen atoms in total. The summed E-state index contributed by atoms with van der Waals surface area (Å²) in [7, 11) is -3.69. The molecule has 0 atom stereocenters. The van der Waals surface area contributed by atoms with Crippen molar-refractivity contribution in [2.45, 2.75) is 33.7 Å². The van der Waals surface area contributed by atoms with E-state index in [0.717, 1.165) is 16.7 Å². The van der Waals surface area contributed by atoms with Gasteiger partial charge in [0.25, 0.3) is 0 Å². The third-order valence-electron chi connectivity index (χ3n) is 7.77. The van der Waals surface area contributed by atoms with Crippen LogP contribution in [0.25, 0.3) is 22.3 Å². The molecular formula is C41H39O9P. The van der Waals surface area contributed by atoms with Gasteiger partial charge in [0.05, 0.1) is 18.6 Å². The summed E-state index contributed by atoms with van der Waals surface area (Å²) in [6.45, 7) is 4.61. The third-order valence-corrected chi connectivity index (χ3v) is 9.52. The SMILES string of the molecule is CCOP(=O)(COc1c(-c2ccc(OCc3ccccc3)c(OCc3ccccc3)c2)oc2cc(OCc3ccccc3)ccc2c1=O)OCC. The van der Waals surface area contributed by atoms with Gasteiger partial charge in [0, 0.05) is 11.6 Å². The van der Waals surface area contributed by atoms with Crippen molar-refractivity contribution in [3.63, 3.8) is 0 Å². The molecule has 0 fully saturated rings. The number of benzene rings is 5. The lowest BCUT2D eigenvalue weighted by Gasteiger charge is -2.19. The van der Waals surface area contributed by atoms with E-state index in [1.54, 1.807) is 50.2 Å². The topological polar surface area (TPSA) is 103 Å². The number of hydrogen-bond acceptors (Lipinski definition) is 9. The summed E-state index contributed by atoms with van der Waals surface area (Å²) in [6, 6.07) is 39.6. The number of rotatable bonds is 17. The number of fused-ring (bicyclic) bond motifs is 1. The van der Waals surface area contributed by atoms with E-state index in [-0.39, 0.29) is 42.3 Å². The Balaban J connectivity index is 1.41. The van der Waals surface area contributed by atoms with Crippen LogP contribution in [0.1, 0.15) is 30.5 Å². The molecule has 0 radical (unpaired) electrons. The van der Waals surface area contributed by atoms with Crippen molar-refractivity contribution in [3.8, 4) is 34.3 Å². The first-order valence-corrected chi connectivity index (χ1v) is 18.4. The Kier molecular flexibility index (Phi) is 11.9. The molecule has 0 aliphatic carbocycles. The van der Waals surface area contributed by atoms with Crippen LogP contribution in [0.3, 0.4) is 0 Å². The Morgan fingerprint density at radius 1 is 0.588 bits per heavy atom. The van der Waals surface area contributed by atoms with Crippen LogP contribution in [0.2, 0.25) is 0 Å². The minimum Gasteiger partial charge on any atom is -0.489 e. The van der Waals surface area contributed by atoms with E-state index in [9.17, 15) is 9.36 Å². The maximum absolute atomic E-state index is 14.1. The predicted molar refractivity (Wildman–Crippen MR) is 197 cm³/mol. The van der Waals surface area contributed by atoms with Crippen LogP contribution in [0.15, 0.2) is 137 Å². The number of ether oxygens (including phenoxy) is 4. The van der Waals surface area contributed by atoms with Gasteiger partial charge in [-0.05, 0) is 60.9 Å². The van der Waals surface area contributed by atoms with Gasteiger partial charge < -0.3 is 32.4 Å². The van der Waals surface area contributed by atoms with E-state index >= 15 is 0 Å². The molecule has 0 aliphatic heterocycles. The smallest absolute Gasteiger partial charge is 0.367 e. The first-order chi connectivity index (χ1) is 24.9. The lowest BCUT2D eigenvalue weighted by atomic mass is 10.1. The zero-order valence-corrected chi connectivity index (χ0v) is 29.4. The molecule has 1 heterocycles. The van der Waals surface area contributed by atoms with Crippen molar-refractivity contribution >= 4 is 18.6 Å². The molecular weight excluding hydrogens is 667 g/mol. The van der Waals surface area contributed by atoms with Crippen LogP contribution in [-0.4, -0.2) is 19.6 Å². The van der Waals surface area contributed by atoms with Crippen molar-refractivity contribution in [3.05, 3.63) is 154 Å². The molecule has 1 aromatic heterocycles. The highest BCUT2D eigenvalue weighted by molar-refractivity contribution is 7.53. The minimum absolute atomic E-state index is 0.103. The van der Waals surface area contributed by atoms with Gasteiger partial charge in [0.15, 0.2) is 23.6 Å². The van der Waals surface area contributed by atoms with Gasteiger partial charge in [-0.15, -0.1) is 0 Å². The monoisotopic (exact) mass is 706 g/mol. The standard InChI is InChI=1S/C41H39O9P/c1-3-48-51(43,49-4-2)29-47-41-39(42)35-22-21-34(44-26-30-14-8-5-9-15-30)25-37(35)50-40(41)33-20-23-36(45-27-31-16-10-6-11-17-31)38(24-33)46-28-32-18-12-7-13-19-32/h5-25H,3-4,26-29H2,1-2H3. The highest BCUT2D eigenvalue weighted by Gasteiger charge is 2.28. The summed E-state index contributed by atoms with van der Waals surface area (Å²) in [5.74, 6) is 1.40. The van der Waals surface area contributed by atoms with Crippen LogP contribution in [0, 0.1) is 0 Å². The maximum atomic E-state index is 14.1. The maximum Gasteiger partial charge on any atom is 0.367 e. The Morgan fingerprint density at radius 3 is 1.71 bits per heavy atom. The van der Waals surface area contributed by atoms with E-state index in [1.807, 2.05) is 91.0 Å². The molecule has 0 N–H and O–H groups in total. The number of hydrogen-bond donors (Lipinski definition) is 0. The summed E-state index contributed by atoms with van der Waals surface area (Å²) in [5, 5.41) is 0.256. The molecule has 0 saturated heterocycles. The quantitative estimate of drug-likeness (QED) is 0.0858. The second-order valence-electron chi connectivity index (χ2n) is 11.5. The first-order valence-electron chi connectivity index (χ1n) is 16.7. The van der Waals surface area contributed by atoms with Gasteiger partial charge >= 0.3 is 7.60 Å². The lowest BCUT2D eigenvalue weighted by Crippen LogP contribution is -2.13. The Labute approximate surface area is 296 Å². The van der Waals surface area contributed by atoms with E-state index in [0.29, 0.717) is 36.0 Å². The molecule has 0 bridgehead atoms. The second kappa shape index (κ2) is 17.1. The third kappa shape index (κ3) is 9.27. The van der Waals surface area contributed by atoms with Crippen molar-refractivity contribution in [2.75, 3.05) is 19.6 Å². The van der Waals surface area contributed by atoms with Gasteiger partial charge in [-0.2, -0.15) is 0 Å². The zero-order chi connectivity index (χ0) is 35.5. The summed E-state index contributed by atoms with van der Waals surface area (Å²) in [5.41, 5.74) is 3.24. The average molecular weight is 707 g/mol. The highest BCUT2D eigenvalue weighted by Crippen LogP contribution is 2.48. The van der Waals surface area contributed by atoms with Crippen LogP contribution in [0.4, 0.5) is 0 Å². The van der Waals surface area contributed by atoms with Crippen LogP contribution < -0.4 is 24.4 Å². The predicted octanol–water partition coefficient (Wildman–Crippen LogP) is 9.80. The summed E-state index contributed by atoms with van der Waals surface area (Å²) < 4.78 is 55.3. The van der Waals surface area contributed by atoms with Crippen molar-refractivity contribution < 1.29 is 37.0 Å². The van der Waals surface area contributed by atoms with E-state index in [1.165, 1.54) is 0 Å². The van der Waals surface area contributed by atoms with Crippen molar-refractivity contribution in [2.24, 2.45) is 0 Å². The molecule has 0 amide bonds. The summed E-state index contributed by atoms with van der Waals surface area (Å²) in [6.07, 6.45) is -0.494. The van der Waals surface area contributed by atoms with E-state index < -0.39 is 19.4 Å². The van der Waals surface area contributed by atoms with Gasteiger partial charge in [-0.1, -0.05) is 91.0 Å². The van der Waals surface area contributed by atoms with E-state index in [4.69, 9.17) is 32.4 Å². The molecule has 0 spiro atoms. The fraction of sp³-hybridized carbons (Fsp3) is 0.195. The van der Waals surface area contributed by atoms with Crippen LogP contribution in [0.5, 0.6) is 23.0 Å². The normalized spacial score (nSPS) is 11.3. The largest absolute Gasteiger partial charge is 0.489 e. The highest BCUT2D eigenvalue weighted by atomic mass is 31.2. The molecule has 0 unspecified atom stereocenters. The Bertz CT molecular complexity index is 2120. The molecule has 5 aromatic carbocycles. The van der Waals surface area contributed by atoms with Gasteiger partial charge in [-0.3, -0.25) is 9.36 Å².